The average molecular weight is 489 g/mol. The molecule has 2 aromatic carbocycles. The van der Waals surface area contributed by atoms with E-state index < -0.39 is 17.7 Å². The highest BCUT2D eigenvalue weighted by atomic mass is 32.1. The van der Waals surface area contributed by atoms with Gasteiger partial charge in [-0.3, -0.25) is 14.5 Å². The van der Waals surface area contributed by atoms with Crippen molar-refractivity contribution in [2.24, 2.45) is 0 Å². The van der Waals surface area contributed by atoms with Crippen molar-refractivity contribution < 1.29 is 19.4 Å². The second-order valence-electron chi connectivity index (χ2n) is 8.61. The van der Waals surface area contributed by atoms with Gasteiger partial charge in [0.05, 0.1) is 15.8 Å². The first-order valence-corrected chi connectivity index (χ1v) is 12.6. The van der Waals surface area contributed by atoms with E-state index in [9.17, 15) is 14.7 Å². The van der Waals surface area contributed by atoms with Gasteiger partial charge in [-0.05, 0) is 66.8 Å². The standard InChI is InChI=1S/C26H20N2O4S2/c1-13-5-7-17-20(10-13)34-26(27-17)28-22(19-4-3-9-33-19)21(24(30)25(28)31)23(29)15-6-8-18-16(12-15)11-14(2)32-18/h3-10,12,14,22,29H,11H2,1-2H3/b23-21+/t14-,22+/m0/s1. The number of thiophene rings is 1. The van der Waals surface area contributed by atoms with Crippen LogP contribution in [-0.4, -0.2) is 27.9 Å². The number of hydrogen-bond acceptors (Lipinski definition) is 7. The molecule has 6 rings (SSSR count). The zero-order chi connectivity index (χ0) is 23.6. The molecule has 0 radical (unpaired) electrons. The fourth-order valence-electron chi connectivity index (χ4n) is 4.59. The number of benzene rings is 2. The molecule has 0 unspecified atom stereocenters. The van der Waals surface area contributed by atoms with Gasteiger partial charge in [-0.15, -0.1) is 11.3 Å². The Bertz CT molecular complexity index is 1500. The molecule has 1 amide bonds. The number of aryl methyl sites for hydroxylation is 1. The number of aliphatic hydroxyl groups excluding tert-OH is 1. The predicted molar refractivity (Wildman–Crippen MR) is 134 cm³/mol. The highest BCUT2D eigenvalue weighted by Gasteiger charge is 2.48. The number of carbonyl (C=O) groups excluding carboxylic acids is 2. The minimum atomic E-state index is -0.745. The van der Waals surface area contributed by atoms with Crippen LogP contribution in [0.25, 0.3) is 16.0 Å². The van der Waals surface area contributed by atoms with E-state index >= 15 is 0 Å². The fourth-order valence-corrected chi connectivity index (χ4v) is 6.51. The summed E-state index contributed by atoms with van der Waals surface area (Å²) in [6.45, 7) is 3.99. The van der Waals surface area contributed by atoms with Crippen LogP contribution < -0.4 is 9.64 Å². The number of ether oxygens (including phenoxy) is 1. The second kappa shape index (κ2) is 7.78. The number of hydrogen-bond donors (Lipinski definition) is 1. The number of ketones is 1. The number of amides is 1. The van der Waals surface area contributed by atoms with Crippen LogP contribution in [0, 0.1) is 6.92 Å². The molecule has 0 saturated carbocycles. The number of anilines is 1. The summed E-state index contributed by atoms with van der Waals surface area (Å²) in [6.07, 6.45) is 0.788. The molecule has 170 valence electrons. The zero-order valence-electron chi connectivity index (χ0n) is 18.4. The fraction of sp³-hybridized carbons (Fsp3) is 0.192. The van der Waals surface area contributed by atoms with Crippen LogP contribution in [0.3, 0.4) is 0 Å². The summed E-state index contributed by atoms with van der Waals surface area (Å²) in [7, 11) is 0. The molecular formula is C26H20N2O4S2. The van der Waals surface area contributed by atoms with Crippen molar-refractivity contribution in [2.45, 2.75) is 32.4 Å². The molecule has 2 aliphatic heterocycles. The van der Waals surface area contributed by atoms with Crippen molar-refractivity contribution in [2.75, 3.05) is 4.90 Å². The maximum atomic E-state index is 13.3. The number of Topliss-reactive ketones (excluding diaryl/α,β-unsaturated/α-hetero) is 1. The number of thiazole rings is 1. The Morgan fingerprint density at radius 1 is 1.18 bits per heavy atom. The number of aromatic nitrogens is 1. The minimum absolute atomic E-state index is 0.0618. The summed E-state index contributed by atoms with van der Waals surface area (Å²) in [5.74, 6) is -0.798. The molecule has 8 heteroatoms. The van der Waals surface area contributed by atoms with Gasteiger partial charge in [0.1, 0.15) is 23.7 Å². The first-order chi connectivity index (χ1) is 16.4. The van der Waals surface area contributed by atoms with Gasteiger partial charge >= 0.3 is 5.91 Å². The second-order valence-corrected chi connectivity index (χ2v) is 10.6. The SMILES string of the molecule is Cc1ccc2nc(N3C(=O)C(=O)/C(=C(/O)c4ccc5c(c4)C[C@H](C)O5)[C@H]3c3cccs3)sc2c1. The van der Waals surface area contributed by atoms with Crippen LogP contribution >= 0.6 is 22.7 Å². The molecule has 1 saturated heterocycles. The Morgan fingerprint density at radius 2 is 2.03 bits per heavy atom. The Kier molecular flexibility index (Phi) is 4.82. The van der Waals surface area contributed by atoms with Crippen LogP contribution in [0.1, 0.15) is 34.5 Å². The maximum Gasteiger partial charge on any atom is 0.301 e. The summed E-state index contributed by atoms with van der Waals surface area (Å²) < 4.78 is 6.70. The highest BCUT2D eigenvalue weighted by Crippen LogP contribution is 2.46. The van der Waals surface area contributed by atoms with Gasteiger partial charge in [0, 0.05) is 16.9 Å². The number of fused-ring (bicyclic) bond motifs is 2. The number of carbonyl (C=O) groups is 2. The summed E-state index contributed by atoms with van der Waals surface area (Å²) >= 11 is 2.80. The molecular weight excluding hydrogens is 468 g/mol. The van der Waals surface area contributed by atoms with E-state index in [2.05, 4.69) is 4.98 Å². The number of nitrogens with zero attached hydrogens (tertiary/aromatic N) is 2. The van der Waals surface area contributed by atoms with E-state index in [0.29, 0.717) is 10.7 Å². The Labute approximate surface area is 203 Å². The topological polar surface area (TPSA) is 79.7 Å². The normalized spacial score (nSPS) is 21.3. The van der Waals surface area contributed by atoms with Gasteiger partial charge in [-0.1, -0.05) is 23.5 Å². The largest absolute Gasteiger partial charge is 0.507 e. The summed E-state index contributed by atoms with van der Waals surface area (Å²) in [5, 5.41) is 13.7. The quantitative estimate of drug-likeness (QED) is 0.230. The van der Waals surface area contributed by atoms with Crippen LogP contribution in [0.2, 0.25) is 0 Å². The molecule has 0 bridgehead atoms. The monoisotopic (exact) mass is 488 g/mol. The number of rotatable bonds is 3. The van der Waals surface area contributed by atoms with E-state index in [4.69, 9.17) is 4.74 Å². The van der Waals surface area contributed by atoms with E-state index in [-0.39, 0.29) is 17.4 Å². The Hall–Kier alpha value is -3.49. The maximum absolute atomic E-state index is 13.3. The lowest BCUT2D eigenvalue weighted by Crippen LogP contribution is -2.28. The molecule has 34 heavy (non-hydrogen) atoms. The van der Waals surface area contributed by atoms with Gasteiger partial charge in [-0.25, -0.2) is 4.98 Å². The molecule has 4 aromatic rings. The van der Waals surface area contributed by atoms with Crippen molar-refractivity contribution >= 4 is 55.5 Å². The van der Waals surface area contributed by atoms with Crippen molar-refractivity contribution in [3.8, 4) is 5.75 Å². The first kappa shape index (κ1) is 21.1. The molecule has 2 aromatic heterocycles. The Morgan fingerprint density at radius 3 is 2.82 bits per heavy atom. The molecule has 2 aliphatic rings. The van der Waals surface area contributed by atoms with Gasteiger partial charge in [-0.2, -0.15) is 0 Å². The molecule has 6 nitrogen and oxygen atoms in total. The first-order valence-electron chi connectivity index (χ1n) is 10.9. The molecule has 1 fully saturated rings. The van der Waals surface area contributed by atoms with Crippen LogP contribution in [-0.2, 0) is 16.0 Å². The summed E-state index contributed by atoms with van der Waals surface area (Å²) in [6, 6.07) is 14.3. The molecule has 0 aliphatic carbocycles. The third-order valence-electron chi connectivity index (χ3n) is 6.17. The van der Waals surface area contributed by atoms with Crippen LogP contribution in [0.5, 0.6) is 5.75 Å². The third-order valence-corrected chi connectivity index (χ3v) is 8.11. The van der Waals surface area contributed by atoms with Crippen molar-refractivity contribution in [3.63, 3.8) is 0 Å². The van der Waals surface area contributed by atoms with E-state index in [1.807, 2.05) is 55.6 Å². The third kappa shape index (κ3) is 3.25. The summed E-state index contributed by atoms with van der Waals surface area (Å²) in [5.41, 5.74) is 3.41. The van der Waals surface area contributed by atoms with E-state index in [1.54, 1.807) is 12.1 Å². The lowest BCUT2D eigenvalue weighted by Gasteiger charge is -2.21. The van der Waals surface area contributed by atoms with Gasteiger partial charge < -0.3 is 9.84 Å². The zero-order valence-corrected chi connectivity index (χ0v) is 20.1. The van der Waals surface area contributed by atoms with E-state index in [0.717, 1.165) is 38.4 Å². The molecule has 0 spiro atoms. The van der Waals surface area contributed by atoms with Crippen molar-refractivity contribution in [3.05, 3.63) is 81.1 Å². The summed E-state index contributed by atoms with van der Waals surface area (Å²) in [4.78, 5) is 33.5. The van der Waals surface area contributed by atoms with Gasteiger partial charge in [0.25, 0.3) is 5.78 Å². The lowest BCUT2D eigenvalue weighted by atomic mass is 9.98. The van der Waals surface area contributed by atoms with Crippen LogP contribution in [0.15, 0.2) is 59.5 Å². The lowest BCUT2D eigenvalue weighted by molar-refractivity contribution is -0.132. The average Bonchev–Trinajstić information content (AvgIpc) is 3.58. The van der Waals surface area contributed by atoms with Gasteiger partial charge in [0.15, 0.2) is 5.13 Å². The van der Waals surface area contributed by atoms with Crippen molar-refractivity contribution in [1.82, 2.24) is 4.98 Å². The predicted octanol–water partition coefficient (Wildman–Crippen LogP) is 5.62. The molecule has 2 atom stereocenters. The molecule has 4 heterocycles. The Balaban J connectivity index is 1.51. The minimum Gasteiger partial charge on any atom is -0.507 e. The molecule has 1 N–H and O–H groups in total. The van der Waals surface area contributed by atoms with Crippen molar-refractivity contribution in [1.29, 1.82) is 0 Å². The smallest absolute Gasteiger partial charge is 0.301 e. The van der Waals surface area contributed by atoms with E-state index in [1.165, 1.54) is 27.6 Å². The van der Waals surface area contributed by atoms with Crippen LogP contribution in [0.4, 0.5) is 5.13 Å². The number of aliphatic hydroxyl groups is 1. The highest BCUT2D eigenvalue weighted by molar-refractivity contribution is 7.22. The van der Waals surface area contributed by atoms with Gasteiger partial charge in [0.2, 0.25) is 0 Å².